The van der Waals surface area contributed by atoms with Crippen LogP contribution in [0.5, 0.6) is 0 Å². The SMILES string of the molecule is C=S(C)(=O)c1ccc(C(=O)CC2(O)C(=O)Nc3c(Cl)ccc(Cl)c32)cc1.CC(C)c1ccc(C(=O)CC2(O)C(=O)Nc3c(Cl)ccc(Cl)c32)cc1.CN(C)c1ccc(C(=O)CC2(O)C(=O)Nc3c(Cl)ccc(Cl)c32)cc1.O=C(CC1(O)C(=O)Nc2c(Cl)ccc(Cl)c21)c1ccc(N2CC2)cc1. The second-order valence-corrected chi connectivity index (χ2v) is 30.8. The van der Waals surface area contributed by atoms with Crippen molar-refractivity contribution in [3.63, 3.8) is 0 Å². The molecule has 0 aromatic heterocycles. The summed E-state index contributed by atoms with van der Waals surface area (Å²) in [6.45, 7) is 6.16. The Kier molecular flexibility index (Phi) is 22.1. The van der Waals surface area contributed by atoms with Crippen molar-refractivity contribution < 1.29 is 63.0 Å². The third-order valence-corrected chi connectivity index (χ3v) is 21.3. The summed E-state index contributed by atoms with van der Waals surface area (Å²) in [7, 11) is 1.39. The normalized spacial score (nSPS) is 20.0. The van der Waals surface area contributed by atoms with Crippen LogP contribution >= 0.6 is 92.8 Å². The summed E-state index contributed by atoms with van der Waals surface area (Å²) >= 11 is 48.8. The number of amides is 4. The molecular formula is C73H62Cl8N6O13S. The van der Waals surface area contributed by atoms with Crippen molar-refractivity contribution in [2.75, 3.05) is 64.5 Å². The van der Waals surface area contributed by atoms with Gasteiger partial charge in [0.25, 0.3) is 23.6 Å². The predicted octanol–water partition coefficient (Wildman–Crippen LogP) is 14.3. The highest BCUT2D eigenvalue weighted by Gasteiger charge is 2.53. The van der Waals surface area contributed by atoms with E-state index in [1.165, 1.54) is 66.9 Å². The maximum absolute atomic E-state index is 12.6. The molecule has 5 heterocycles. The molecule has 0 spiro atoms. The topological polar surface area (TPSA) is 289 Å². The number of carbonyl (C=O) groups is 8. The van der Waals surface area contributed by atoms with E-state index in [9.17, 15) is 63.0 Å². The molecule has 28 heteroatoms. The standard InChI is InChI=1S/C19H17Cl2NO3.C18H14Cl2N2O3.C18H16Cl2N2O3.C18H15Cl2NO4S/c1-10(2)11-3-5-12(6-4-11)15(23)9-19(25)16-13(20)7-8-14(21)17(16)22-18(19)24;19-12-5-6-13(20)16-15(12)18(25,17(24)21-16)9-14(23)10-1-3-11(4-2-10)22-7-8-22;1-22(2)11-5-3-10(4-6-11)14(23)9-18(25)15-12(19)7-8-13(20)16(15)21-17(18)24;1-26(2,25)11-5-3-10(4-6-11)14(22)9-18(24)15-12(19)7-8-13(20)16(15)21-17(18)23/h3-8,10,25H,9H2,1-2H3,(H,22,24);1-6,25H,7-9H2,(H,21,24);3-8,25H,9H2,1-2H3,(H,21,24);3-8,24H,1,9H2,2H3,(H,21,23). The van der Waals surface area contributed by atoms with Gasteiger partial charge in [0.1, 0.15) is 0 Å². The molecule has 8 N–H and O–H groups in total. The Balaban J connectivity index is 0.000000145. The van der Waals surface area contributed by atoms with Gasteiger partial charge in [0, 0.05) is 114 Å². The molecule has 1 fully saturated rings. The molecule has 101 heavy (non-hydrogen) atoms. The second-order valence-electron chi connectivity index (χ2n) is 25.1. The van der Waals surface area contributed by atoms with Crippen molar-refractivity contribution in [3.8, 4) is 0 Å². The van der Waals surface area contributed by atoms with Gasteiger partial charge in [-0.25, -0.2) is 0 Å². The maximum atomic E-state index is 12.6. The van der Waals surface area contributed by atoms with Gasteiger partial charge in [0.15, 0.2) is 45.5 Å². The predicted molar refractivity (Wildman–Crippen MR) is 398 cm³/mol. The summed E-state index contributed by atoms with van der Waals surface area (Å²) in [6, 6.07) is 39.3. The summed E-state index contributed by atoms with van der Waals surface area (Å²) in [6.07, 6.45) is -0.246. The second kappa shape index (κ2) is 29.5. The minimum Gasteiger partial charge on any atom is -0.378 e. The van der Waals surface area contributed by atoms with E-state index in [1.54, 1.807) is 60.7 Å². The zero-order valence-electron chi connectivity index (χ0n) is 54.2. The number of ketones is 4. The van der Waals surface area contributed by atoms with E-state index in [2.05, 4.69) is 45.9 Å². The number of aliphatic hydroxyl groups is 4. The quantitative estimate of drug-likeness (QED) is 0.0253. The molecule has 5 aliphatic rings. The molecule has 1 saturated heterocycles. The lowest BCUT2D eigenvalue weighted by molar-refractivity contribution is -0.133. The van der Waals surface area contributed by atoms with E-state index in [0.29, 0.717) is 27.5 Å². The van der Waals surface area contributed by atoms with E-state index < -0.39 is 87.0 Å². The van der Waals surface area contributed by atoms with E-state index >= 15 is 0 Å². The number of hydrogen-bond acceptors (Lipinski definition) is 15. The molecule has 8 aromatic carbocycles. The zero-order chi connectivity index (χ0) is 73.7. The summed E-state index contributed by atoms with van der Waals surface area (Å²) in [4.78, 5) is 104. The zero-order valence-corrected chi connectivity index (χ0v) is 61.0. The largest absolute Gasteiger partial charge is 0.378 e. The number of carbonyl (C=O) groups excluding carboxylic acids is 8. The molecule has 19 nitrogen and oxygen atoms in total. The van der Waals surface area contributed by atoms with Crippen LogP contribution in [0.2, 0.25) is 40.2 Å². The number of rotatable bonds is 16. The van der Waals surface area contributed by atoms with Crippen LogP contribution < -0.4 is 31.1 Å². The lowest BCUT2D eigenvalue weighted by Gasteiger charge is -2.21. The highest BCUT2D eigenvalue weighted by Crippen LogP contribution is 2.51. The highest BCUT2D eigenvalue weighted by atomic mass is 35.5. The van der Waals surface area contributed by atoms with Crippen molar-refractivity contribution in [2.45, 2.75) is 72.7 Å². The Morgan fingerprint density at radius 2 is 0.683 bits per heavy atom. The van der Waals surface area contributed by atoms with Gasteiger partial charge in [-0.1, -0.05) is 143 Å². The van der Waals surface area contributed by atoms with E-state index in [4.69, 9.17) is 92.8 Å². The van der Waals surface area contributed by atoms with Gasteiger partial charge in [-0.05, 0) is 136 Å². The molecule has 8 aromatic rings. The minimum absolute atomic E-state index is 0.0935. The van der Waals surface area contributed by atoms with E-state index in [0.717, 1.165) is 30.0 Å². The molecule has 5 aliphatic heterocycles. The first-order valence-corrected chi connectivity index (χ1v) is 35.9. The molecule has 0 saturated carbocycles. The van der Waals surface area contributed by atoms with Crippen molar-refractivity contribution in [3.05, 3.63) is 236 Å². The number of anilines is 6. The van der Waals surface area contributed by atoms with Gasteiger partial charge in [-0.15, -0.1) is 0 Å². The van der Waals surface area contributed by atoms with Gasteiger partial charge < -0.3 is 51.5 Å². The molecule has 5 atom stereocenters. The van der Waals surface area contributed by atoms with Crippen LogP contribution in [-0.4, -0.2) is 111 Å². The Bertz CT molecular complexity index is 4530. The van der Waals surface area contributed by atoms with Gasteiger partial charge in [-0.3, -0.25) is 42.6 Å². The fourth-order valence-corrected chi connectivity index (χ4v) is 14.5. The number of fused-ring (bicyclic) bond motifs is 4. The van der Waals surface area contributed by atoms with Gasteiger partial charge in [0.05, 0.1) is 68.5 Å². The Hall–Kier alpha value is -7.90. The van der Waals surface area contributed by atoms with Gasteiger partial charge in [-0.2, -0.15) is 0 Å². The minimum atomic E-state index is -2.40. The first-order chi connectivity index (χ1) is 47.4. The Morgan fingerprint density at radius 3 is 0.931 bits per heavy atom. The summed E-state index contributed by atoms with van der Waals surface area (Å²) < 4.78 is 11.9. The van der Waals surface area contributed by atoms with Crippen molar-refractivity contribution in [1.82, 2.24) is 0 Å². The van der Waals surface area contributed by atoms with Crippen molar-refractivity contribution >= 4 is 189 Å². The molecular weight excluding hydrogens is 1480 g/mol. The maximum Gasteiger partial charge on any atom is 0.261 e. The smallest absolute Gasteiger partial charge is 0.261 e. The van der Waals surface area contributed by atoms with Crippen LogP contribution in [0.15, 0.2) is 150 Å². The highest BCUT2D eigenvalue weighted by molar-refractivity contribution is 7.99. The summed E-state index contributed by atoms with van der Waals surface area (Å²) in [5.74, 6) is -0.482. The van der Waals surface area contributed by atoms with Crippen molar-refractivity contribution in [1.29, 1.82) is 0 Å². The average Bonchev–Trinajstić information content (AvgIpc) is 1.63. The van der Waals surface area contributed by atoms with Crippen LogP contribution in [-0.2, 0) is 51.1 Å². The summed E-state index contributed by atoms with van der Waals surface area (Å²) in [5.41, 5.74) is -2.10. The Labute approximate surface area is 620 Å². The first kappa shape index (κ1) is 75.8. The molecule has 0 aliphatic carbocycles. The van der Waals surface area contributed by atoms with Crippen LogP contribution in [0.1, 0.15) is 115 Å². The lowest BCUT2D eigenvalue weighted by atomic mass is 9.87. The van der Waals surface area contributed by atoms with Crippen LogP contribution in [0.25, 0.3) is 0 Å². The lowest BCUT2D eigenvalue weighted by Crippen LogP contribution is -2.36. The first-order valence-electron chi connectivity index (χ1n) is 30.8. The third kappa shape index (κ3) is 15.3. The van der Waals surface area contributed by atoms with Gasteiger partial charge >= 0.3 is 0 Å². The van der Waals surface area contributed by atoms with Crippen LogP contribution in [0, 0.1) is 0 Å². The number of nitrogens with zero attached hydrogens (tertiary/aromatic N) is 2. The Morgan fingerprint density at radius 1 is 0.436 bits per heavy atom. The van der Waals surface area contributed by atoms with Crippen LogP contribution in [0.3, 0.4) is 0 Å². The third-order valence-electron chi connectivity index (χ3n) is 17.5. The molecule has 0 bridgehead atoms. The number of nitrogens with one attached hydrogen (secondary N) is 4. The number of halogens is 8. The molecule has 13 rings (SSSR count). The molecule has 5 unspecified atom stereocenters. The van der Waals surface area contributed by atoms with Gasteiger partial charge in [0.2, 0.25) is 0 Å². The number of hydrogen-bond donors (Lipinski definition) is 8. The summed E-state index contributed by atoms with van der Waals surface area (Å²) in [5, 5.41) is 55.4. The molecule has 0 radical (unpaired) electrons. The van der Waals surface area contributed by atoms with Crippen LogP contribution in [0.4, 0.5) is 34.1 Å². The fraction of sp³-hybridized carbons (Fsp3) is 0.219. The number of benzene rings is 8. The average molecular weight is 1550 g/mol. The van der Waals surface area contributed by atoms with E-state index in [-0.39, 0.29) is 108 Å². The fourth-order valence-electron chi connectivity index (χ4n) is 11.7. The molecule has 524 valence electrons. The van der Waals surface area contributed by atoms with E-state index in [1.807, 2.05) is 43.3 Å². The molecule has 4 amide bonds. The van der Waals surface area contributed by atoms with Crippen molar-refractivity contribution in [2.24, 2.45) is 0 Å². The number of Topliss-reactive ketones (excluding diaryl/α,β-unsaturated/α-hetero) is 4. The monoisotopic (exact) mass is 1540 g/mol.